The van der Waals surface area contributed by atoms with Gasteiger partial charge in [0.2, 0.25) is 0 Å². The predicted octanol–water partition coefficient (Wildman–Crippen LogP) is 1.44. The minimum atomic E-state index is -0.205. The number of rotatable bonds is 6. The van der Waals surface area contributed by atoms with Gasteiger partial charge in [0.1, 0.15) is 12.2 Å². The molecule has 0 aliphatic carbocycles. The van der Waals surface area contributed by atoms with Crippen LogP contribution in [-0.2, 0) is 19.6 Å². The Kier molecular flexibility index (Phi) is 5.29. The molecule has 1 N–H and O–H groups in total. The molecule has 8 heteroatoms. The monoisotopic (exact) mass is 349 g/mol. The highest BCUT2D eigenvalue weighted by molar-refractivity contribution is 5.73. The Balaban J connectivity index is 1.52. The van der Waals surface area contributed by atoms with Gasteiger partial charge in [-0.15, -0.1) is 11.5 Å². The lowest BCUT2D eigenvalue weighted by molar-refractivity contribution is 0.206. The molecule has 0 aliphatic rings. The third-order valence-electron chi connectivity index (χ3n) is 3.69. The number of carbonyl (C=O) groups is 1. The second kappa shape index (κ2) is 7.98. The van der Waals surface area contributed by atoms with Gasteiger partial charge in [0.05, 0.1) is 31.2 Å². The van der Waals surface area contributed by atoms with Crippen LogP contribution >= 0.6 is 0 Å². The number of amides is 2. The van der Waals surface area contributed by atoms with Gasteiger partial charge in [0.15, 0.2) is 0 Å². The Bertz CT molecular complexity index is 907. The zero-order chi connectivity index (χ0) is 18.4. The van der Waals surface area contributed by atoms with Crippen LogP contribution in [0.3, 0.4) is 0 Å². The third kappa shape index (κ3) is 4.27. The normalized spacial score (nSPS) is 10.3. The van der Waals surface area contributed by atoms with E-state index in [1.54, 1.807) is 33.7 Å². The van der Waals surface area contributed by atoms with E-state index < -0.39 is 0 Å². The van der Waals surface area contributed by atoms with E-state index in [1.165, 1.54) is 0 Å². The van der Waals surface area contributed by atoms with Crippen LogP contribution in [-0.4, -0.2) is 42.8 Å². The number of carbonyl (C=O) groups excluding carboxylic acids is 1. The molecule has 2 heterocycles. The van der Waals surface area contributed by atoms with Gasteiger partial charge in [-0.3, -0.25) is 4.68 Å². The maximum atomic E-state index is 12.2. The van der Waals surface area contributed by atoms with Crippen molar-refractivity contribution in [3.63, 3.8) is 0 Å². The maximum Gasteiger partial charge on any atom is 0.317 e. The summed E-state index contributed by atoms with van der Waals surface area (Å²) in [5.74, 6) is 2.52. The summed E-state index contributed by atoms with van der Waals surface area (Å²) in [7, 11) is 1.72. The summed E-state index contributed by atoms with van der Waals surface area (Å²) in [4.78, 5) is 13.8. The predicted molar refractivity (Wildman–Crippen MR) is 96.1 cm³/mol. The number of aromatic nitrogens is 5. The van der Waals surface area contributed by atoms with E-state index in [0.717, 1.165) is 11.3 Å². The molecule has 1 aromatic carbocycles. The van der Waals surface area contributed by atoms with Crippen LogP contribution in [0.15, 0.2) is 48.9 Å². The molecule has 8 nitrogen and oxygen atoms in total. The number of hydrogen-bond acceptors (Lipinski definition) is 4. The molecule has 0 bridgehead atoms. The average Bonchev–Trinajstić information content (AvgIpc) is 3.30. The summed E-state index contributed by atoms with van der Waals surface area (Å²) in [6.45, 7) is 1.15. The summed E-state index contributed by atoms with van der Waals surface area (Å²) < 4.78 is 3.33. The lowest BCUT2D eigenvalue weighted by Gasteiger charge is -2.16. The Labute approximate surface area is 151 Å². The molecule has 0 saturated heterocycles. The van der Waals surface area contributed by atoms with Gasteiger partial charge in [-0.2, -0.15) is 5.10 Å². The van der Waals surface area contributed by atoms with Gasteiger partial charge in [-0.1, -0.05) is 29.3 Å². The van der Waals surface area contributed by atoms with E-state index in [4.69, 9.17) is 6.42 Å². The first-order chi connectivity index (χ1) is 12.7. The lowest BCUT2D eigenvalue weighted by Crippen LogP contribution is -2.36. The molecule has 3 rings (SSSR count). The van der Waals surface area contributed by atoms with E-state index in [2.05, 4.69) is 26.6 Å². The van der Waals surface area contributed by atoms with Crippen LogP contribution in [0.25, 0.3) is 5.69 Å². The van der Waals surface area contributed by atoms with Gasteiger partial charge < -0.3 is 10.2 Å². The summed E-state index contributed by atoms with van der Waals surface area (Å²) in [5.41, 5.74) is 2.50. The molecule has 0 saturated carbocycles. The summed E-state index contributed by atoms with van der Waals surface area (Å²) >= 11 is 0. The molecule has 0 aliphatic heterocycles. The van der Waals surface area contributed by atoms with Gasteiger partial charge in [0, 0.05) is 18.8 Å². The molecule has 0 radical (unpaired) electrons. The fourth-order valence-electron chi connectivity index (χ4n) is 2.40. The molecule has 0 unspecified atom stereocenters. The van der Waals surface area contributed by atoms with Crippen molar-refractivity contribution in [2.75, 3.05) is 7.05 Å². The summed E-state index contributed by atoms with van der Waals surface area (Å²) in [6, 6.07) is 9.46. The quantitative estimate of drug-likeness (QED) is 0.683. The minimum Gasteiger partial charge on any atom is -0.332 e. The molecule has 132 valence electrons. The zero-order valence-corrected chi connectivity index (χ0v) is 14.4. The van der Waals surface area contributed by atoms with Crippen LogP contribution in [0, 0.1) is 12.3 Å². The van der Waals surface area contributed by atoms with Gasteiger partial charge in [-0.05, 0) is 12.1 Å². The molecular weight excluding hydrogens is 330 g/mol. The second-order valence-corrected chi connectivity index (χ2v) is 5.76. The topological polar surface area (TPSA) is 80.9 Å². The fourth-order valence-corrected chi connectivity index (χ4v) is 2.40. The second-order valence-electron chi connectivity index (χ2n) is 5.76. The van der Waals surface area contributed by atoms with E-state index in [-0.39, 0.29) is 6.03 Å². The Morgan fingerprint density at radius 3 is 2.88 bits per heavy atom. The molecule has 2 amide bonds. The van der Waals surface area contributed by atoms with Gasteiger partial charge in [0.25, 0.3) is 0 Å². The van der Waals surface area contributed by atoms with Crippen molar-refractivity contribution in [2.24, 2.45) is 0 Å². The Hall–Kier alpha value is -3.60. The molecule has 2 aromatic heterocycles. The van der Waals surface area contributed by atoms with Crippen molar-refractivity contribution in [1.29, 1.82) is 0 Å². The van der Waals surface area contributed by atoms with Gasteiger partial charge >= 0.3 is 6.03 Å². The Morgan fingerprint density at radius 2 is 2.12 bits per heavy atom. The van der Waals surface area contributed by atoms with E-state index in [1.807, 2.05) is 36.5 Å². The zero-order valence-electron chi connectivity index (χ0n) is 14.4. The number of nitrogens with one attached hydrogen (secondary N) is 1. The summed E-state index contributed by atoms with van der Waals surface area (Å²) in [6.07, 6.45) is 10.6. The van der Waals surface area contributed by atoms with Crippen LogP contribution in [0.1, 0.15) is 11.3 Å². The molecule has 26 heavy (non-hydrogen) atoms. The highest BCUT2D eigenvalue weighted by Gasteiger charge is 2.11. The highest BCUT2D eigenvalue weighted by atomic mass is 16.2. The van der Waals surface area contributed by atoms with Crippen LogP contribution in [0.5, 0.6) is 0 Å². The van der Waals surface area contributed by atoms with Crippen molar-refractivity contribution in [2.45, 2.75) is 19.6 Å². The first-order valence-corrected chi connectivity index (χ1v) is 8.06. The van der Waals surface area contributed by atoms with E-state index in [9.17, 15) is 4.79 Å². The highest BCUT2D eigenvalue weighted by Crippen LogP contribution is 2.06. The van der Waals surface area contributed by atoms with Crippen molar-refractivity contribution < 1.29 is 4.79 Å². The standard InChI is InChI=1S/C18H19N7O/c1-3-9-24-13-15(10-20-24)12-23(2)18(26)19-11-16-14-25(22-21-16)17-7-5-4-6-8-17/h1,4-8,10,13-14H,9,11-12H2,2H3,(H,19,26). The van der Waals surface area contributed by atoms with Crippen molar-refractivity contribution in [3.8, 4) is 18.0 Å². The van der Waals surface area contributed by atoms with Gasteiger partial charge in [-0.25, -0.2) is 9.48 Å². The first kappa shape index (κ1) is 17.2. The molecule has 0 spiro atoms. The SMILES string of the molecule is C#CCn1cc(CN(C)C(=O)NCc2cn(-c3ccccc3)nn2)cn1. The summed E-state index contributed by atoms with van der Waals surface area (Å²) in [5, 5.41) is 15.1. The van der Waals surface area contributed by atoms with Crippen LogP contribution < -0.4 is 5.32 Å². The number of benzene rings is 1. The number of para-hydroxylation sites is 1. The van der Waals surface area contributed by atoms with Crippen molar-refractivity contribution >= 4 is 6.03 Å². The number of nitrogens with zero attached hydrogens (tertiary/aromatic N) is 6. The largest absolute Gasteiger partial charge is 0.332 e. The number of terminal acetylenes is 1. The lowest BCUT2D eigenvalue weighted by atomic mass is 10.3. The fraction of sp³-hybridized carbons (Fsp3) is 0.222. The molecule has 0 fully saturated rings. The average molecular weight is 349 g/mol. The molecular formula is C18H19N7O. The van der Waals surface area contributed by atoms with Crippen molar-refractivity contribution in [1.82, 2.24) is 35.0 Å². The molecule has 3 aromatic rings. The minimum absolute atomic E-state index is 0.205. The number of urea groups is 1. The first-order valence-electron chi connectivity index (χ1n) is 8.06. The number of hydrogen-bond donors (Lipinski definition) is 1. The maximum absolute atomic E-state index is 12.2. The van der Waals surface area contributed by atoms with E-state index >= 15 is 0 Å². The molecule has 0 atom stereocenters. The Morgan fingerprint density at radius 1 is 1.31 bits per heavy atom. The van der Waals surface area contributed by atoms with Crippen molar-refractivity contribution in [3.05, 3.63) is 60.2 Å². The smallest absolute Gasteiger partial charge is 0.317 e. The van der Waals surface area contributed by atoms with Crippen LogP contribution in [0.4, 0.5) is 4.79 Å². The van der Waals surface area contributed by atoms with E-state index in [0.29, 0.717) is 25.3 Å². The van der Waals surface area contributed by atoms with Crippen LogP contribution in [0.2, 0.25) is 0 Å². The third-order valence-corrected chi connectivity index (χ3v) is 3.69.